The van der Waals surface area contributed by atoms with Crippen molar-refractivity contribution in [2.45, 2.75) is 19.4 Å². The van der Waals surface area contributed by atoms with E-state index in [-0.39, 0.29) is 6.04 Å². The highest BCUT2D eigenvalue weighted by Crippen LogP contribution is 2.25. The Morgan fingerprint density at radius 2 is 1.84 bits per heavy atom. The van der Waals surface area contributed by atoms with Gasteiger partial charge in [0.2, 0.25) is 0 Å². The third-order valence-corrected chi connectivity index (χ3v) is 3.46. The Morgan fingerprint density at radius 1 is 1.16 bits per heavy atom. The third-order valence-electron chi connectivity index (χ3n) is 3.02. The van der Waals surface area contributed by atoms with Crippen LogP contribution in [-0.2, 0) is 6.42 Å². The molecule has 2 rings (SSSR count). The van der Waals surface area contributed by atoms with Crippen molar-refractivity contribution >= 4 is 23.2 Å². The average molecular weight is 295 g/mol. The number of benzene rings is 1. The first-order valence-electron chi connectivity index (χ1n) is 6.13. The van der Waals surface area contributed by atoms with Crippen molar-refractivity contribution in [3.05, 3.63) is 63.4 Å². The Morgan fingerprint density at radius 3 is 2.37 bits per heavy atom. The zero-order valence-corrected chi connectivity index (χ0v) is 12.5. The first kappa shape index (κ1) is 14.3. The molecule has 0 saturated heterocycles. The van der Waals surface area contributed by atoms with Gasteiger partial charge in [-0.2, -0.15) is 0 Å². The Hall–Kier alpha value is -1.09. The van der Waals surface area contributed by atoms with Gasteiger partial charge in [-0.1, -0.05) is 29.3 Å². The standard InChI is InChI=1S/C15H16Cl2N2/c1-10-3-4-14(19-9-10)8-15(18-2)11-5-12(16)7-13(17)6-11/h3-7,9,15,18H,8H2,1-2H3. The second-order valence-electron chi connectivity index (χ2n) is 4.58. The zero-order chi connectivity index (χ0) is 13.8. The Balaban J connectivity index is 2.22. The van der Waals surface area contributed by atoms with E-state index in [9.17, 15) is 0 Å². The Bertz CT molecular complexity index is 532. The molecule has 4 heteroatoms. The van der Waals surface area contributed by atoms with Gasteiger partial charge in [0.05, 0.1) is 0 Å². The highest BCUT2D eigenvalue weighted by Gasteiger charge is 2.12. The van der Waals surface area contributed by atoms with Crippen LogP contribution in [0.15, 0.2) is 36.5 Å². The van der Waals surface area contributed by atoms with Crippen molar-refractivity contribution < 1.29 is 0 Å². The van der Waals surface area contributed by atoms with Crippen LogP contribution >= 0.6 is 23.2 Å². The van der Waals surface area contributed by atoms with Gasteiger partial charge in [0, 0.05) is 34.4 Å². The van der Waals surface area contributed by atoms with Crippen LogP contribution < -0.4 is 5.32 Å². The van der Waals surface area contributed by atoms with Crippen LogP contribution in [0.4, 0.5) is 0 Å². The number of aryl methyl sites for hydroxylation is 1. The first-order valence-corrected chi connectivity index (χ1v) is 6.89. The van der Waals surface area contributed by atoms with E-state index in [1.54, 1.807) is 6.07 Å². The molecule has 1 aromatic heterocycles. The number of hydrogen-bond acceptors (Lipinski definition) is 2. The largest absolute Gasteiger partial charge is 0.313 e. The van der Waals surface area contributed by atoms with Gasteiger partial charge < -0.3 is 5.32 Å². The molecule has 19 heavy (non-hydrogen) atoms. The molecule has 100 valence electrons. The summed E-state index contributed by atoms with van der Waals surface area (Å²) in [6.45, 7) is 2.03. The van der Waals surface area contributed by atoms with E-state index < -0.39 is 0 Å². The first-order chi connectivity index (χ1) is 9.08. The summed E-state index contributed by atoms with van der Waals surface area (Å²) >= 11 is 12.1. The summed E-state index contributed by atoms with van der Waals surface area (Å²) in [6, 6.07) is 9.87. The highest BCUT2D eigenvalue weighted by atomic mass is 35.5. The molecule has 0 amide bonds. The SMILES string of the molecule is CNC(Cc1ccc(C)cn1)c1cc(Cl)cc(Cl)c1. The van der Waals surface area contributed by atoms with Crippen LogP contribution in [0, 0.1) is 6.92 Å². The van der Waals surface area contributed by atoms with E-state index in [4.69, 9.17) is 23.2 Å². The maximum atomic E-state index is 6.05. The number of nitrogens with one attached hydrogen (secondary N) is 1. The summed E-state index contributed by atoms with van der Waals surface area (Å²) in [4.78, 5) is 4.43. The third kappa shape index (κ3) is 3.93. The summed E-state index contributed by atoms with van der Waals surface area (Å²) in [5, 5.41) is 4.58. The maximum absolute atomic E-state index is 6.05. The van der Waals surface area contributed by atoms with E-state index in [2.05, 4.69) is 16.4 Å². The molecular weight excluding hydrogens is 279 g/mol. The van der Waals surface area contributed by atoms with E-state index in [1.165, 1.54) is 0 Å². The monoisotopic (exact) mass is 294 g/mol. The molecule has 1 atom stereocenters. The molecule has 1 unspecified atom stereocenters. The fourth-order valence-corrected chi connectivity index (χ4v) is 2.53. The number of rotatable bonds is 4. The van der Waals surface area contributed by atoms with Crippen LogP contribution in [0.1, 0.15) is 22.9 Å². The molecule has 2 nitrogen and oxygen atoms in total. The van der Waals surface area contributed by atoms with Gasteiger partial charge in [-0.3, -0.25) is 4.98 Å². The van der Waals surface area contributed by atoms with Gasteiger partial charge in [-0.15, -0.1) is 0 Å². The molecule has 0 saturated carbocycles. The molecule has 0 spiro atoms. The molecule has 0 bridgehead atoms. The van der Waals surface area contributed by atoms with Gasteiger partial charge in [-0.25, -0.2) is 0 Å². The number of pyridine rings is 1. The molecule has 1 N–H and O–H groups in total. The quantitative estimate of drug-likeness (QED) is 0.914. The second kappa shape index (κ2) is 6.38. The fourth-order valence-electron chi connectivity index (χ4n) is 1.99. The minimum absolute atomic E-state index is 0.145. The lowest BCUT2D eigenvalue weighted by atomic mass is 10.0. The zero-order valence-electron chi connectivity index (χ0n) is 11.0. The lowest BCUT2D eigenvalue weighted by Gasteiger charge is -2.17. The molecule has 1 aromatic carbocycles. The molecule has 2 aromatic rings. The number of nitrogens with zero attached hydrogens (tertiary/aromatic N) is 1. The van der Waals surface area contributed by atoms with Crippen molar-refractivity contribution in [3.8, 4) is 0 Å². The molecule has 0 aliphatic heterocycles. The van der Waals surface area contributed by atoms with Crippen LogP contribution in [-0.4, -0.2) is 12.0 Å². The van der Waals surface area contributed by atoms with Gasteiger partial charge >= 0.3 is 0 Å². The van der Waals surface area contributed by atoms with Crippen molar-refractivity contribution in [2.24, 2.45) is 0 Å². The van der Waals surface area contributed by atoms with Crippen molar-refractivity contribution in [1.29, 1.82) is 0 Å². The summed E-state index contributed by atoms with van der Waals surface area (Å²) in [5.74, 6) is 0. The van der Waals surface area contributed by atoms with Gasteiger partial charge in [0.25, 0.3) is 0 Å². The predicted octanol–water partition coefficient (Wildman–Crippen LogP) is 4.20. The van der Waals surface area contributed by atoms with Crippen molar-refractivity contribution in [3.63, 3.8) is 0 Å². The molecule has 1 heterocycles. The summed E-state index contributed by atoms with van der Waals surface area (Å²) in [7, 11) is 1.92. The fraction of sp³-hybridized carbons (Fsp3) is 0.267. The molecular formula is C15H16Cl2N2. The van der Waals surface area contributed by atoms with Gasteiger partial charge in [0.15, 0.2) is 0 Å². The Labute approximate surface area is 123 Å². The van der Waals surface area contributed by atoms with Gasteiger partial charge in [0.1, 0.15) is 0 Å². The lowest BCUT2D eigenvalue weighted by molar-refractivity contribution is 0.584. The second-order valence-corrected chi connectivity index (χ2v) is 5.45. The van der Waals surface area contributed by atoms with Gasteiger partial charge in [-0.05, 0) is 49.4 Å². The minimum Gasteiger partial charge on any atom is -0.313 e. The normalized spacial score (nSPS) is 12.4. The van der Waals surface area contributed by atoms with E-state index in [1.807, 2.05) is 38.4 Å². The average Bonchev–Trinajstić information content (AvgIpc) is 2.37. The molecule has 0 fully saturated rings. The van der Waals surface area contributed by atoms with Crippen molar-refractivity contribution in [2.75, 3.05) is 7.05 Å². The maximum Gasteiger partial charge on any atom is 0.0424 e. The van der Waals surface area contributed by atoms with E-state index in [0.717, 1.165) is 23.2 Å². The van der Waals surface area contributed by atoms with Crippen LogP contribution in [0.5, 0.6) is 0 Å². The smallest absolute Gasteiger partial charge is 0.0424 e. The number of likely N-dealkylation sites (N-methyl/N-ethyl adjacent to an activating group) is 1. The topological polar surface area (TPSA) is 24.9 Å². The van der Waals surface area contributed by atoms with Crippen LogP contribution in [0.3, 0.4) is 0 Å². The number of aromatic nitrogens is 1. The van der Waals surface area contributed by atoms with E-state index in [0.29, 0.717) is 10.0 Å². The summed E-state index contributed by atoms with van der Waals surface area (Å²) in [6.07, 6.45) is 2.68. The highest BCUT2D eigenvalue weighted by molar-refractivity contribution is 6.34. The molecule has 0 radical (unpaired) electrons. The number of halogens is 2. The lowest BCUT2D eigenvalue weighted by Crippen LogP contribution is -2.19. The Kier molecular flexibility index (Phi) is 4.81. The van der Waals surface area contributed by atoms with E-state index >= 15 is 0 Å². The number of hydrogen-bond donors (Lipinski definition) is 1. The summed E-state index contributed by atoms with van der Waals surface area (Å²) < 4.78 is 0. The molecule has 0 aliphatic carbocycles. The van der Waals surface area contributed by atoms with Crippen LogP contribution in [0.2, 0.25) is 10.0 Å². The molecule has 0 aliphatic rings. The van der Waals surface area contributed by atoms with Crippen molar-refractivity contribution in [1.82, 2.24) is 10.3 Å². The predicted molar refractivity (Wildman–Crippen MR) is 80.9 cm³/mol. The summed E-state index contributed by atoms with van der Waals surface area (Å²) in [5.41, 5.74) is 3.28. The minimum atomic E-state index is 0.145. The van der Waals surface area contributed by atoms with Crippen LogP contribution in [0.25, 0.3) is 0 Å².